The SMILES string of the molecule is CCNCC(=O)Nc1cc[nH]c1. The Balaban J connectivity index is 2.27. The van der Waals surface area contributed by atoms with Crippen LogP contribution < -0.4 is 10.6 Å². The van der Waals surface area contributed by atoms with Gasteiger partial charge in [0.25, 0.3) is 0 Å². The summed E-state index contributed by atoms with van der Waals surface area (Å²) in [6, 6.07) is 1.81. The summed E-state index contributed by atoms with van der Waals surface area (Å²) in [5, 5.41) is 5.66. The number of amides is 1. The number of likely N-dealkylation sites (N-methyl/N-ethyl adjacent to an activating group) is 1. The molecule has 1 rings (SSSR count). The first kappa shape index (κ1) is 8.80. The van der Waals surface area contributed by atoms with E-state index in [0.29, 0.717) is 6.54 Å². The molecule has 0 aromatic carbocycles. The molecule has 0 fully saturated rings. The van der Waals surface area contributed by atoms with Crippen LogP contribution in [0.3, 0.4) is 0 Å². The molecule has 66 valence electrons. The van der Waals surface area contributed by atoms with Gasteiger partial charge < -0.3 is 15.6 Å². The molecule has 0 saturated carbocycles. The summed E-state index contributed by atoms with van der Waals surface area (Å²) in [6.07, 6.45) is 3.51. The average Bonchev–Trinajstić information content (AvgIpc) is 2.53. The van der Waals surface area contributed by atoms with Crippen LogP contribution in [0.2, 0.25) is 0 Å². The van der Waals surface area contributed by atoms with Crippen LogP contribution in [0.1, 0.15) is 6.92 Å². The lowest BCUT2D eigenvalue weighted by atomic mass is 10.5. The lowest BCUT2D eigenvalue weighted by Gasteiger charge is -2.01. The van der Waals surface area contributed by atoms with Crippen molar-refractivity contribution in [3.05, 3.63) is 18.5 Å². The molecule has 0 radical (unpaired) electrons. The molecule has 0 atom stereocenters. The Morgan fingerprint density at radius 1 is 1.67 bits per heavy atom. The van der Waals surface area contributed by atoms with E-state index in [9.17, 15) is 4.79 Å². The van der Waals surface area contributed by atoms with Gasteiger partial charge in [-0.25, -0.2) is 0 Å². The first-order valence-electron chi connectivity index (χ1n) is 3.96. The Morgan fingerprint density at radius 2 is 2.50 bits per heavy atom. The number of H-pyrrole nitrogens is 1. The van der Waals surface area contributed by atoms with Gasteiger partial charge in [0.1, 0.15) is 0 Å². The fourth-order valence-electron chi connectivity index (χ4n) is 0.845. The minimum Gasteiger partial charge on any atom is -0.366 e. The minimum absolute atomic E-state index is 0.0172. The first-order chi connectivity index (χ1) is 5.83. The molecule has 1 heterocycles. The number of rotatable bonds is 4. The number of nitrogens with one attached hydrogen (secondary N) is 3. The van der Waals surface area contributed by atoms with E-state index in [2.05, 4.69) is 15.6 Å². The van der Waals surface area contributed by atoms with Gasteiger partial charge in [-0.2, -0.15) is 0 Å². The highest BCUT2D eigenvalue weighted by molar-refractivity contribution is 5.92. The zero-order valence-electron chi connectivity index (χ0n) is 7.05. The summed E-state index contributed by atoms with van der Waals surface area (Å²) in [7, 11) is 0. The minimum atomic E-state index is -0.0172. The number of carbonyl (C=O) groups excluding carboxylic acids is 1. The molecular formula is C8H13N3O. The number of hydrogen-bond acceptors (Lipinski definition) is 2. The van der Waals surface area contributed by atoms with E-state index in [1.54, 1.807) is 12.4 Å². The molecule has 0 bridgehead atoms. The third kappa shape index (κ3) is 2.75. The first-order valence-corrected chi connectivity index (χ1v) is 3.96. The van der Waals surface area contributed by atoms with Crippen LogP contribution in [0.5, 0.6) is 0 Å². The van der Waals surface area contributed by atoms with Crippen LogP contribution in [0.25, 0.3) is 0 Å². The molecule has 1 amide bonds. The molecule has 4 heteroatoms. The van der Waals surface area contributed by atoms with Crippen molar-refractivity contribution in [2.24, 2.45) is 0 Å². The van der Waals surface area contributed by atoms with E-state index >= 15 is 0 Å². The van der Waals surface area contributed by atoms with Crippen LogP contribution in [-0.4, -0.2) is 24.0 Å². The van der Waals surface area contributed by atoms with Crippen molar-refractivity contribution >= 4 is 11.6 Å². The van der Waals surface area contributed by atoms with Crippen molar-refractivity contribution in [3.63, 3.8) is 0 Å². The van der Waals surface area contributed by atoms with Crippen LogP contribution >= 0.6 is 0 Å². The Bertz CT molecular complexity index is 230. The van der Waals surface area contributed by atoms with Gasteiger partial charge in [-0.05, 0) is 12.6 Å². The Labute approximate surface area is 71.4 Å². The largest absolute Gasteiger partial charge is 0.366 e. The third-order valence-electron chi connectivity index (χ3n) is 1.42. The van der Waals surface area contributed by atoms with Gasteiger partial charge in [-0.1, -0.05) is 6.92 Å². The lowest BCUT2D eigenvalue weighted by molar-refractivity contribution is -0.115. The number of aromatic amines is 1. The van der Waals surface area contributed by atoms with E-state index in [1.807, 2.05) is 13.0 Å². The predicted octanol–water partition coefficient (Wildman–Crippen LogP) is 0.563. The quantitative estimate of drug-likeness (QED) is 0.613. The summed E-state index contributed by atoms with van der Waals surface area (Å²) in [5.41, 5.74) is 0.804. The van der Waals surface area contributed by atoms with E-state index < -0.39 is 0 Å². The molecule has 0 aliphatic heterocycles. The molecule has 0 spiro atoms. The highest BCUT2D eigenvalue weighted by Gasteiger charge is 1.99. The van der Waals surface area contributed by atoms with Crippen LogP contribution in [0.15, 0.2) is 18.5 Å². The van der Waals surface area contributed by atoms with Crippen molar-refractivity contribution in [1.29, 1.82) is 0 Å². The van der Waals surface area contributed by atoms with E-state index in [0.717, 1.165) is 12.2 Å². The Kier molecular flexibility index (Phi) is 3.35. The zero-order valence-corrected chi connectivity index (χ0v) is 7.05. The maximum Gasteiger partial charge on any atom is 0.238 e. The van der Waals surface area contributed by atoms with Crippen molar-refractivity contribution in [2.45, 2.75) is 6.92 Å². The van der Waals surface area contributed by atoms with Gasteiger partial charge in [0.15, 0.2) is 0 Å². The highest BCUT2D eigenvalue weighted by atomic mass is 16.1. The van der Waals surface area contributed by atoms with E-state index in [4.69, 9.17) is 0 Å². The summed E-state index contributed by atoms with van der Waals surface area (Å²) >= 11 is 0. The molecule has 0 saturated heterocycles. The van der Waals surface area contributed by atoms with Gasteiger partial charge >= 0.3 is 0 Å². The topological polar surface area (TPSA) is 56.9 Å². The number of carbonyl (C=O) groups is 1. The zero-order chi connectivity index (χ0) is 8.81. The molecule has 12 heavy (non-hydrogen) atoms. The summed E-state index contributed by atoms with van der Waals surface area (Å²) in [5.74, 6) is -0.0172. The molecule has 0 aliphatic carbocycles. The van der Waals surface area contributed by atoms with Crippen molar-refractivity contribution in [1.82, 2.24) is 10.3 Å². The molecule has 1 aromatic heterocycles. The smallest absolute Gasteiger partial charge is 0.238 e. The molecular weight excluding hydrogens is 154 g/mol. The van der Waals surface area contributed by atoms with E-state index in [1.165, 1.54) is 0 Å². The lowest BCUT2D eigenvalue weighted by Crippen LogP contribution is -2.27. The summed E-state index contributed by atoms with van der Waals surface area (Å²) in [6.45, 7) is 3.13. The molecule has 3 N–H and O–H groups in total. The van der Waals surface area contributed by atoms with Gasteiger partial charge in [-0.3, -0.25) is 4.79 Å². The van der Waals surface area contributed by atoms with Crippen LogP contribution in [0.4, 0.5) is 5.69 Å². The monoisotopic (exact) mass is 167 g/mol. The number of anilines is 1. The third-order valence-corrected chi connectivity index (χ3v) is 1.42. The number of aromatic nitrogens is 1. The average molecular weight is 167 g/mol. The molecule has 4 nitrogen and oxygen atoms in total. The predicted molar refractivity (Wildman–Crippen MR) is 48.0 cm³/mol. The normalized spacial score (nSPS) is 9.75. The molecule has 1 aromatic rings. The highest BCUT2D eigenvalue weighted by Crippen LogP contribution is 2.02. The Hall–Kier alpha value is -1.29. The van der Waals surface area contributed by atoms with Crippen LogP contribution in [-0.2, 0) is 4.79 Å². The standard InChI is InChI=1S/C8H13N3O/c1-2-9-6-8(12)11-7-3-4-10-5-7/h3-5,9-10H,2,6H2,1H3,(H,11,12). The summed E-state index contributed by atoms with van der Waals surface area (Å²) < 4.78 is 0. The van der Waals surface area contributed by atoms with Crippen LogP contribution in [0, 0.1) is 0 Å². The second-order valence-corrected chi connectivity index (χ2v) is 2.43. The second kappa shape index (κ2) is 4.56. The maximum atomic E-state index is 11.1. The van der Waals surface area contributed by atoms with Gasteiger partial charge in [0.2, 0.25) is 5.91 Å². The Morgan fingerprint density at radius 3 is 3.08 bits per heavy atom. The van der Waals surface area contributed by atoms with Gasteiger partial charge in [0, 0.05) is 12.4 Å². The van der Waals surface area contributed by atoms with E-state index in [-0.39, 0.29) is 5.91 Å². The summed E-state index contributed by atoms with van der Waals surface area (Å²) in [4.78, 5) is 13.9. The molecule has 0 aliphatic rings. The maximum absolute atomic E-state index is 11.1. The second-order valence-electron chi connectivity index (χ2n) is 2.43. The van der Waals surface area contributed by atoms with Crippen molar-refractivity contribution in [2.75, 3.05) is 18.4 Å². The molecule has 0 unspecified atom stereocenters. The van der Waals surface area contributed by atoms with Gasteiger partial charge in [0.05, 0.1) is 12.2 Å². The fourth-order valence-corrected chi connectivity index (χ4v) is 0.845. The number of hydrogen-bond donors (Lipinski definition) is 3. The van der Waals surface area contributed by atoms with Crippen molar-refractivity contribution < 1.29 is 4.79 Å². The fraction of sp³-hybridized carbons (Fsp3) is 0.375. The van der Waals surface area contributed by atoms with Crippen molar-refractivity contribution in [3.8, 4) is 0 Å². The van der Waals surface area contributed by atoms with Gasteiger partial charge in [-0.15, -0.1) is 0 Å².